The summed E-state index contributed by atoms with van der Waals surface area (Å²) in [4.78, 5) is 12.4. The molecule has 6 nitrogen and oxygen atoms in total. The number of hydrogen-bond acceptors (Lipinski definition) is 5. The molecular formula is C24H20ClN5OS. The van der Waals surface area contributed by atoms with Gasteiger partial charge in [-0.3, -0.25) is 9.36 Å². The average molecular weight is 462 g/mol. The Hall–Kier alpha value is -3.42. The number of amides is 1. The molecular weight excluding hydrogens is 442 g/mol. The standard InChI is InChI=1S/C24H20ClN5OS/c1-17(18-12-14-20(25)15-13-18)26-27-22(31)16-32-24-29-28-23(19-8-4-2-5-9-19)30(24)21-10-6-3-7-11-21/h2-15H,16H2,1H3,(H,27,31). The maximum absolute atomic E-state index is 12.4. The zero-order valence-corrected chi connectivity index (χ0v) is 18.8. The molecule has 4 aromatic rings. The lowest BCUT2D eigenvalue weighted by molar-refractivity contribution is -0.118. The molecule has 0 atom stereocenters. The van der Waals surface area contributed by atoms with Crippen LogP contribution in [-0.4, -0.2) is 32.1 Å². The number of thioether (sulfide) groups is 1. The van der Waals surface area contributed by atoms with Crippen molar-refractivity contribution in [2.75, 3.05) is 5.75 Å². The van der Waals surface area contributed by atoms with E-state index in [-0.39, 0.29) is 11.7 Å². The van der Waals surface area contributed by atoms with Crippen molar-refractivity contribution in [2.45, 2.75) is 12.1 Å². The van der Waals surface area contributed by atoms with E-state index in [1.807, 2.05) is 84.3 Å². The number of halogens is 1. The first kappa shape index (κ1) is 21.8. The van der Waals surface area contributed by atoms with Crippen molar-refractivity contribution < 1.29 is 4.79 Å². The predicted octanol–water partition coefficient (Wildman–Crippen LogP) is 5.22. The minimum absolute atomic E-state index is 0.150. The third-order valence-electron chi connectivity index (χ3n) is 4.62. The molecule has 8 heteroatoms. The minimum Gasteiger partial charge on any atom is -0.272 e. The molecule has 0 aliphatic heterocycles. The van der Waals surface area contributed by atoms with Gasteiger partial charge in [0.15, 0.2) is 11.0 Å². The normalized spacial score (nSPS) is 11.4. The first-order valence-corrected chi connectivity index (χ1v) is 11.3. The van der Waals surface area contributed by atoms with Crippen LogP contribution in [0.15, 0.2) is 95.2 Å². The van der Waals surface area contributed by atoms with E-state index in [0.29, 0.717) is 15.9 Å². The maximum Gasteiger partial charge on any atom is 0.250 e. The van der Waals surface area contributed by atoms with Gasteiger partial charge in [0.1, 0.15) is 0 Å². The van der Waals surface area contributed by atoms with Crippen LogP contribution >= 0.6 is 23.4 Å². The molecule has 0 spiro atoms. The largest absolute Gasteiger partial charge is 0.272 e. The van der Waals surface area contributed by atoms with E-state index >= 15 is 0 Å². The molecule has 0 saturated heterocycles. The van der Waals surface area contributed by atoms with Crippen molar-refractivity contribution in [1.29, 1.82) is 0 Å². The Morgan fingerprint density at radius 2 is 1.62 bits per heavy atom. The van der Waals surface area contributed by atoms with Gasteiger partial charge in [0.2, 0.25) is 0 Å². The van der Waals surface area contributed by atoms with E-state index in [4.69, 9.17) is 11.6 Å². The molecule has 0 unspecified atom stereocenters. The number of nitrogens with one attached hydrogen (secondary N) is 1. The summed E-state index contributed by atoms with van der Waals surface area (Å²) >= 11 is 7.22. The number of benzene rings is 3. The first-order chi connectivity index (χ1) is 15.6. The fraction of sp³-hybridized carbons (Fsp3) is 0.0833. The molecule has 3 aromatic carbocycles. The first-order valence-electron chi connectivity index (χ1n) is 9.90. The summed E-state index contributed by atoms with van der Waals surface area (Å²) in [7, 11) is 0. The zero-order chi connectivity index (χ0) is 22.3. The van der Waals surface area contributed by atoms with Gasteiger partial charge >= 0.3 is 0 Å². The average Bonchev–Trinajstić information content (AvgIpc) is 3.27. The van der Waals surface area contributed by atoms with Crippen molar-refractivity contribution in [3.8, 4) is 17.1 Å². The van der Waals surface area contributed by atoms with Gasteiger partial charge in [0.05, 0.1) is 11.5 Å². The van der Waals surface area contributed by atoms with Crippen LogP contribution < -0.4 is 5.43 Å². The number of nitrogens with zero attached hydrogens (tertiary/aromatic N) is 4. The number of rotatable bonds is 7. The number of hydrazone groups is 1. The SMILES string of the molecule is CC(=NNC(=O)CSc1nnc(-c2ccccc2)n1-c1ccccc1)c1ccc(Cl)cc1. The monoisotopic (exact) mass is 461 g/mol. The van der Waals surface area contributed by atoms with Crippen molar-refractivity contribution in [3.63, 3.8) is 0 Å². The van der Waals surface area contributed by atoms with Crippen LogP contribution in [-0.2, 0) is 4.79 Å². The van der Waals surface area contributed by atoms with Crippen LogP contribution in [0.4, 0.5) is 0 Å². The highest BCUT2D eigenvalue weighted by Gasteiger charge is 2.17. The second-order valence-corrected chi connectivity index (χ2v) is 8.25. The Kier molecular flexibility index (Phi) is 6.99. The second-order valence-electron chi connectivity index (χ2n) is 6.87. The lowest BCUT2D eigenvalue weighted by Crippen LogP contribution is -2.21. The number of hydrogen-bond donors (Lipinski definition) is 1. The second kappa shape index (κ2) is 10.3. The van der Waals surface area contributed by atoms with Gasteiger partial charge in [-0.2, -0.15) is 5.10 Å². The number of aromatic nitrogens is 3. The predicted molar refractivity (Wildman–Crippen MR) is 129 cm³/mol. The topological polar surface area (TPSA) is 72.2 Å². The molecule has 0 aliphatic carbocycles. The van der Waals surface area contributed by atoms with Crippen LogP contribution in [0, 0.1) is 0 Å². The van der Waals surface area contributed by atoms with E-state index in [1.165, 1.54) is 11.8 Å². The minimum atomic E-state index is -0.229. The van der Waals surface area contributed by atoms with Gasteiger partial charge in [0.25, 0.3) is 5.91 Å². The molecule has 32 heavy (non-hydrogen) atoms. The Balaban J connectivity index is 1.49. The molecule has 1 amide bonds. The molecule has 0 fully saturated rings. The fourth-order valence-corrected chi connectivity index (χ4v) is 3.88. The van der Waals surface area contributed by atoms with E-state index in [9.17, 15) is 4.79 Å². The summed E-state index contributed by atoms with van der Waals surface area (Å²) in [5.41, 5.74) is 6.06. The van der Waals surface area contributed by atoms with E-state index in [0.717, 1.165) is 22.6 Å². The summed E-state index contributed by atoms with van der Waals surface area (Å²) in [6, 6.07) is 27.0. The Labute approximate surface area is 195 Å². The van der Waals surface area contributed by atoms with Gasteiger partial charge in [0, 0.05) is 16.3 Å². The molecule has 160 valence electrons. The highest BCUT2D eigenvalue weighted by molar-refractivity contribution is 7.99. The number of carbonyl (C=O) groups excluding carboxylic acids is 1. The van der Waals surface area contributed by atoms with E-state index < -0.39 is 0 Å². The molecule has 1 heterocycles. The molecule has 0 bridgehead atoms. The molecule has 4 rings (SSSR count). The summed E-state index contributed by atoms with van der Waals surface area (Å²) < 4.78 is 1.95. The van der Waals surface area contributed by atoms with E-state index in [1.54, 1.807) is 12.1 Å². The summed E-state index contributed by atoms with van der Waals surface area (Å²) in [6.07, 6.45) is 0. The van der Waals surface area contributed by atoms with Crippen LogP contribution in [0.1, 0.15) is 12.5 Å². The van der Waals surface area contributed by atoms with Crippen molar-refractivity contribution in [2.24, 2.45) is 5.10 Å². The number of para-hydroxylation sites is 1. The highest BCUT2D eigenvalue weighted by atomic mass is 35.5. The van der Waals surface area contributed by atoms with Crippen molar-refractivity contribution >= 4 is 35.0 Å². The lowest BCUT2D eigenvalue weighted by Gasteiger charge is -2.10. The Bertz CT molecular complexity index is 1220. The quantitative estimate of drug-likeness (QED) is 0.232. The van der Waals surface area contributed by atoms with Gasteiger partial charge < -0.3 is 0 Å². The highest BCUT2D eigenvalue weighted by Crippen LogP contribution is 2.27. The third-order valence-corrected chi connectivity index (χ3v) is 5.80. The van der Waals surface area contributed by atoms with Crippen molar-refractivity contribution in [1.82, 2.24) is 20.2 Å². The van der Waals surface area contributed by atoms with Gasteiger partial charge in [-0.15, -0.1) is 10.2 Å². The Morgan fingerprint density at radius 1 is 0.969 bits per heavy atom. The third kappa shape index (κ3) is 5.25. The number of carbonyl (C=O) groups is 1. The van der Waals surface area contributed by atoms with Crippen LogP contribution in [0.3, 0.4) is 0 Å². The maximum atomic E-state index is 12.4. The van der Waals surface area contributed by atoms with Crippen LogP contribution in [0.25, 0.3) is 17.1 Å². The smallest absolute Gasteiger partial charge is 0.250 e. The summed E-state index contributed by atoms with van der Waals surface area (Å²) in [5.74, 6) is 0.639. The molecule has 1 aromatic heterocycles. The Morgan fingerprint density at radius 3 is 2.31 bits per heavy atom. The van der Waals surface area contributed by atoms with Crippen molar-refractivity contribution in [3.05, 3.63) is 95.5 Å². The summed E-state index contributed by atoms with van der Waals surface area (Å²) in [6.45, 7) is 1.83. The lowest BCUT2D eigenvalue weighted by atomic mass is 10.1. The molecule has 0 saturated carbocycles. The molecule has 1 N–H and O–H groups in total. The fourth-order valence-electron chi connectivity index (χ4n) is 3.01. The summed E-state index contributed by atoms with van der Waals surface area (Å²) in [5, 5.41) is 14.2. The molecule has 0 radical (unpaired) electrons. The van der Waals surface area contributed by atoms with Gasteiger partial charge in [-0.05, 0) is 36.8 Å². The van der Waals surface area contributed by atoms with E-state index in [2.05, 4.69) is 20.7 Å². The zero-order valence-electron chi connectivity index (χ0n) is 17.3. The van der Waals surface area contributed by atoms with Gasteiger partial charge in [-0.1, -0.05) is 84.0 Å². The van der Waals surface area contributed by atoms with Crippen LogP contribution in [0.2, 0.25) is 5.02 Å². The van der Waals surface area contributed by atoms with Crippen LogP contribution in [0.5, 0.6) is 0 Å². The van der Waals surface area contributed by atoms with Gasteiger partial charge in [-0.25, -0.2) is 5.43 Å². The molecule has 0 aliphatic rings.